The second-order valence-corrected chi connectivity index (χ2v) is 5.81. The lowest BCUT2D eigenvalue weighted by Gasteiger charge is -2.29. The van der Waals surface area contributed by atoms with Crippen molar-refractivity contribution in [1.29, 1.82) is 0 Å². The molecule has 0 spiro atoms. The third kappa shape index (κ3) is 4.58. The third-order valence-electron chi connectivity index (χ3n) is 4.20. The number of likely N-dealkylation sites (tertiary alicyclic amines) is 2. The molecule has 2 fully saturated rings. The Morgan fingerprint density at radius 3 is 2.61 bits per heavy atom. The summed E-state index contributed by atoms with van der Waals surface area (Å²) in [6.45, 7) is 7.14. The average Bonchev–Trinajstić information content (AvgIpc) is 2.78. The molecule has 0 radical (unpaired) electrons. The molecule has 104 valence electrons. The number of rotatable bonds is 6. The molecule has 2 saturated heterocycles. The molecular formula is C14H26N2O2. The summed E-state index contributed by atoms with van der Waals surface area (Å²) in [6.07, 6.45) is 6.55. The Bertz CT molecular complexity index is 265. The molecule has 2 rings (SSSR count). The van der Waals surface area contributed by atoms with Crippen molar-refractivity contribution in [3.63, 3.8) is 0 Å². The lowest BCUT2D eigenvalue weighted by Crippen LogP contribution is -2.35. The van der Waals surface area contributed by atoms with Gasteiger partial charge in [-0.2, -0.15) is 0 Å². The Kier molecular flexibility index (Phi) is 5.45. The standard InChI is InChI=1S/C14H26N2O2/c17-14(18)5-4-9-16-10-6-13(12-16)11-15-7-2-1-3-8-15/h13H,1-12H2,(H,17,18). The molecule has 1 unspecified atom stereocenters. The molecule has 0 aromatic rings. The number of aliphatic carboxylic acids is 1. The molecule has 0 amide bonds. The van der Waals surface area contributed by atoms with Crippen molar-refractivity contribution in [1.82, 2.24) is 9.80 Å². The van der Waals surface area contributed by atoms with Gasteiger partial charge in [-0.15, -0.1) is 0 Å². The minimum Gasteiger partial charge on any atom is -0.481 e. The van der Waals surface area contributed by atoms with Crippen LogP contribution in [0.5, 0.6) is 0 Å². The molecule has 2 aliphatic heterocycles. The van der Waals surface area contributed by atoms with Crippen LogP contribution in [0.3, 0.4) is 0 Å². The van der Waals surface area contributed by atoms with Crippen molar-refractivity contribution in [2.45, 2.75) is 38.5 Å². The first-order valence-electron chi connectivity index (χ1n) is 7.40. The zero-order valence-electron chi connectivity index (χ0n) is 11.3. The summed E-state index contributed by atoms with van der Waals surface area (Å²) in [6, 6.07) is 0. The highest BCUT2D eigenvalue weighted by Gasteiger charge is 2.24. The maximum atomic E-state index is 10.5. The maximum Gasteiger partial charge on any atom is 0.303 e. The predicted octanol–water partition coefficient (Wildman–Crippen LogP) is 1.66. The van der Waals surface area contributed by atoms with E-state index in [1.165, 1.54) is 51.9 Å². The van der Waals surface area contributed by atoms with E-state index in [1.54, 1.807) is 0 Å². The predicted molar refractivity (Wildman–Crippen MR) is 71.7 cm³/mol. The van der Waals surface area contributed by atoms with Crippen molar-refractivity contribution in [3.05, 3.63) is 0 Å². The van der Waals surface area contributed by atoms with E-state index >= 15 is 0 Å². The number of piperidine rings is 1. The van der Waals surface area contributed by atoms with Gasteiger partial charge in [-0.3, -0.25) is 4.79 Å². The molecule has 0 bridgehead atoms. The van der Waals surface area contributed by atoms with Crippen LogP contribution < -0.4 is 0 Å². The van der Waals surface area contributed by atoms with Gasteiger partial charge in [-0.1, -0.05) is 6.42 Å². The van der Waals surface area contributed by atoms with Gasteiger partial charge in [-0.05, 0) is 57.8 Å². The molecule has 2 aliphatic rings. The largest absolute Gasteiger partial charge is 0.481 e. The van der Waals surface area contributed by atoms with Gasteiger partial charge in [0, 0.05) is 19.5 Å². The molecule has 0 aromatic carbocycles. The molecule has 4 heteroatoms. The number of carbonyl (C=O) groups is 1. The van der Waals surface area contributed by atoms with Crippen LogP contribution in [0, 0.1) is 5.92 Å². The first kappa shape index (κ1) is 13.8. The van der Waals surface area contributed by atoms with E-state index < -0.39 is 5.97 Å². The fraction of sp³-hybridized carbons (Fsp3) is 0.929. The van der Waals surface area contributed by atoms with Gasteiger partial charge < -0.3 is 14.9 Å². The summed E-state index contributed by atoms with van der Waals surface area (Å²) >= 11 is 0. The first-order chi connectivity index (χ1) is 8.74. The molecule has 1 atom stereocenters. The number of hydrogen-bond acceptors (Lipinski definition) is 3. The minimum absolute atomic E-state index is 0.313. The van der Waals surface area contributed by atoms with Gasteiger partial charge in [0.15, 0.2) is 0 Å². The van der Waals surface area contributed by atoms with Crippen LogP contribution in [0.25, 0.3) is 0 Å². The van der Waals surface area contributed by atoms with E-state index in [2.05, 4.69) is 9.80 Å². The Balaban J connectivity index is 1.60. The van der Waals surface area contributed by atoms with Crippen LogP contribution >= 0.6 is 0 Å². The fourth-order valence-corrected chi connectivity index (χ4v) is 3.23. The number of carboxylic acids is 1. The summed E-state index contributed by atoms with van der Waals surface area (Å²) in [5.74, 6) is 0.145. The molecular weight excluding hydrogens is 228 g/mol. The Morgan fingerprint density at radius 1 is 1.11 bits per heavy atom. The van der Waals surface area contributed by atoms with Crippen LogP contribution in [0.1, 0.15) is 38.5 Å². The van der Waals surface area contributed by atoms with Crippen molar-refractivity contribution in [2.75, 3.05) is 39.3 Å². The quantitative estimate of drug-likeness (QED) is 0.783. The lowest BCUT2D eigenvalue weighted by molar-refractivity contribution is -0.137. The zero-order valence-corrected chi connectivity index (χ0v) is 11.3. The van der Waals surface area contributed by atoms with Crippen molar-refractivity contribution in [2.24, 2.45) is 5.92 Å². The summed E-state index contributed by atoms with van der Waals surface area (Å²) in [7, 11) is 0. The highest BCUT2D eigenvalue weighted by Crippen LogP contribution is 2.20. The first-order valence-corrected chi connectivity index (χ1v) is 7.40. The summed E-state index contributed by atoms with van der Waals surface area (Å²) in [5.41, 5.74) is 0. The van der Waals surface area contributed by atoms with Crippen LogP contribution in [-0.4, -0.2) is 60.1 Å². The van der Waals surface area contributed by atoms with E-state index in [-0.39, 0.29) is 0 Å². The van der Waals surface area contributed by atoms with Crippen LogP contribution in [0.2, 0.25) is 0 Å². The van der Waals surface area contributed by atoms with Crippen LogP contribution in [0.4, 0.5) is 0 Å². The second kappa shape index (κ2) is 7.10. The summed E-state index contributed by atoms with van der Waals surface area (Å²) in [5, 5.41) is 8.63. The van der Waals surface area contributed by atoms with Crippen LogP contribution in [0.15, 0.2) is 0 Å². The number of carboxylic acid groups (broad SMARTS) is 1. The van der Waals surface area contributed by atoms with Gasteiger partial charge >= 0.3 is 5.97 Å². The van der Waals surface area contributed by atoms with Gasteiger partial charge in [0.2, 0.25) is 0 Å². The normalized spacial score (nSPS) is 26.6. The third-order valence-corrected chi connectivity index (χ3v) is 4.20. The molecule has 1 N–H and O–H groups in total. The molecule has 0 aromatic heterocycles. The Labute approximate surface area is 110 Å². The Hall–Kier alpha value is -0.610. The topological polar surface area (TPSA) is 43.8 Å². The van der Waals surface area contributed by atoms with Crippen LogP contribution in [-0.2, 0) is 4.79 Å². The smallest absolute Gasteiger partial charge is 0.303 e. The van der Waals surface area contributed by atoms with Gasteiger partial charge in [0.1, 0.15) is 0 Å². The van der Waals surface area contributed by atoms with E-state index in [0.717, 1.165) is 25.4 Å². The van der Waals surface area contributed by atoms with E-state index in [4.69, 9.17) is 5.11 Å². The average molecular weight is 254 g/mol. The Morgan fingerprint density at radius 2 is 1.89 bits per heavy atom. The molecule has 0 saturated carbocycles. The highest BCUT2D eigenvalue weighted by molar-refractivity contribution is 5.66. The van der Waals surface area contributed by atoms with Crippen molar-refractivity contribution in [3.8, 4) is 0 Å². The summed E-state index contributed by atoms with van der Waals surface area (Å²) < 4.78 is 0. The van der Waals surface area contributed by atoms with E-state index in [1.807, 2.05) is 0 Å². The number of hydrogen-bond donors (Lipinski definition) is 1. The summed E-state index contributed by atoms with van der Waals surface area (Å²) in [4.78, 5) is 15.5. The fourth-order valence-electron chi connectivity index (χ4n) is 3.23. The van der Waals surface area contributed by atoms with E-state index in [0.29, 0.717) is 6.42 Å². The van der Waals surface area contributed by atoms with Crippen molar-refractivity contribution >= 4 is 5.97 Å². The monoisotopic (exact) mass is 254 g/mol. The number of nitrogens with zero attached hydrogens (tertiary/aromatic N) is 2. The lowest BCUT2D eigenvalue weighted by atomic mass is 10.1. The molecule has 0 aliphatic carbocycles. The van der Waals surface area contributed by atoms with Gasteiger partial charge in [-0.25, -0.2) is 0 Å². The van der Waals surface area contributed by atoms with Gasteiger partial charge in [0.05, 0.1) is 0 Å². The minimum atomic E-state index is -0.668. The second-order valence-electron chi connectivity index (χ2n) is 5.81. The highest BCUT2D eigenvalue weighted by atomic mass is 16.4. The van der Waals surface area contributed by atoms with Gasteiger partial charge in [0.25, 0.3) is 0 Å². The zero-order chi connectivity index (χ0) is 12.8. The van der Waals surface area contributed by atoms with E-state index in [9.17, 15) is 4.79 Å². The SMILES string of the molecule is O=C(O)CCCN1CCC(CN2CCCCC2)C1. The molecule has 2 heterocycles. The maximum absolute atomic E-state index is 10.5. The molecule has 18 heavy (non-hydrogen) atoms. The van der Waals surface area contributed by atoms with Crippen molar-refractivity contribution < 1.29 is 9.90 Å². The molecule has 4 nitrogen and oxygen atoms in total.